The van der Waals surface area contributed by atoms with E-state index in [1.54, 1.807) is 25.1 Å². The molecule has 36 heavy (non-hydrogen) atoms. The van der Waals surface area contributed by atoms with Crippen molar-refractivity contribution in [3.8, 4) is 23.0 Å². The Bertz CT molecular complexity index is 1250. The third kappa shape index (κ3) is 5.90. The summed E-state index contributed by atoms with van der Waals surface area (Å²) in [6.45, 7) is 4.03. The van der Waals surface area contributed by atoms with Crippen LogP contribution in [0.4, 0.5) is 0 Å². The van der Waals surface area contributed by atoms with Crippen LogP contribution in [0, 0.1) is 0 Å². The summed E-state index contributed by atoms with van der Waals surface area (Å²) in [6.07, 6.45) is 8.59. The second-order valence-corrected chi connectivity index (χ2v) is 12.1. The van der Waals surface area contributed by atoms with Gasteiger partial charge in [0.15, 0.2) is 0 Å². The number of ether oxygens (including phenoxy) is 3. The summed E-state index contributed by atoms with van der Waals surface area (Å²) in [5.41, 5.74) is 1.11. The summed E-state index contributed by atoms with van der Waals surface area (Å²) in [5.74, 6) is 3.27. The Kier molecular flexibility index (Phi) is 8.19. The van der Waals surface area contributed by atoms with E-state index in [1.807, 2.05) is 36.4 Å². The lowest BCUT2D eigenvalue weighted by Crippen LogP contribution is -2.33. The van der Waals surface area contributed by atoms with Gasteiger partial charge in [-0.3, -0.25) is 9.11 Å². The number of methoxy groups -OCH3 is 1. The Labute approximate surface area is 220 Å². The third-order valence-electron chi connectivity index (χ3n) is 6.76. The van der Waals surface area contributed by atoms with Gasteiger partial charge in [0.25, 0.3) is 0 Å². The molecule has 0 aromatic heterocycles. The van der Waals surface area contributed by atoms with Crippen molar-refractivity contribution in [3.63, 3.8) is 0 Å². The molecule has 5 rings (SSSR count). The van der Waals surface area contributed by atoms with Crippen LogP contribution in [0.5, 0.6) is 23.0 Å². The maximum Gasteiger partial charge on any atom is 0.139 e. The van der Waals surface area contributed by atoms with E-state index in [1.165, 1.54) is 32.4 Å². The second-order valence-electron chi connectivity index (χ2n) is 9.21. The highest BCUT2D eigenvalue weighted by molar-refractivity contribution is 8.16. The van der Waals surface area contributed by atoms with Gasteiger partial charge < -0.3 is 14.2 Å². The van der Waals surface area contributed by atoms with Gasteiger partial charge in [0.05, 0.1) is 22.1 Å². The molecule has 5 nitrogen and oxygen atoms in total. The Morgan fingerprint density at radius 1 is 0.972 bits per heavy atom. The summed E-state index contributed by atoms with van der Waals surface area (Å²) >= 11 is 1.67. The highest BCUT2D eigenvalue weighted by Crippen LogP contribution is 2.50. The molecule has 0 bridgehead atoms. The molecule has 3 aromatic rings. The monoisotopic (exact) mass is 523 g/mol. The molecule has 0 saturated carbocycles. The van der Waals surface area contributed by atoms with Crippen LogP contribution in [0.3, 0.4) is 0 Å². The SMILES string of the molecule is COc1ccc2c(Oc3ccc(OCCN4CCCCC4)cc3)c(C3CC=C(S(C)=O)S3)ccc2c1. The van der Waals surface area contributed by atoms with E-state index >= 15 is 0 Å². The molecule has 2 aliphatic heterocycles. The average Bonchev–Trinajstić information content (AvgIpc) is 3.41. The van der Waals surface area contributed by atoms with Crippen molar-refractivity contribution in [2.24, 2.45) is 0 Å². The maximum absolute atomic E-state index is 12.0. The second kappa shape index (κ2) is 11.7. The molecule has 190 valence electrons. The minimum atomic E-state index is -0.969. The molecule has 0 spiro atoms. The first-order valence-electron chi connectivity index (χ1n) is 12.5. The van der Waals surface area contributed by atoms with E-state index in [4.69, 9.17) is 14.2 Å². The Morgan fingerprint density at radius 2 is 1.72 bits per heavy atom. The fourth-order valence-corrected chi connectivity index (χ4v) is 7.00. The molecule has 2 heterocycles. The zero-order valence-corrected chi connectivity index (χ0v) is 22.5. The van der Waals surface area contributed by atoms with E-state index in [0.29, 0.717) is 6.61 Å². The predicted octanol–water partition coefficient (Wildman–Crippen LogP) is 6.90. The number of allylic oxidation sites excluding steroid dienone is 1. The van der Waals surface area contributed by atoms with Gasteiger partial charge in [-0.25, -0.2) is 0 Å². The van der Waals surface area contributed by atoms with Crippen molar-refractivity contribution in [1.29, 1.82) is 0 Å². The lowest BCUT2D eigenvalue weighted by atomic mass is 10.0. The summed E-state index contributed by atoms with van der Waals surface area (Å²) < 4.78 is 30.9. The number of likely N-dealkylation sites (tertiary alicyclic amines) is 1. The Hall–Kier alpha value is -2.48. The number of hydrogen-bond acceptors (Lipinski definition) is 6. The first-order valence-corrected chi connectivity index (χ1v) is 15.0. The van der Waals surface area contributed by atoms with Crippen LogP contribution in [0.1, 0.15) is 36.5 Å². The smallest absolute Gasteiger partial charge is 0.139 e. The van der Waals surface area contributed by atoms with E-state index in [2.05, 4.69) is 29.2 Å². The topological polar surface area (TPSA) is 48.0 Å². The number of rotatable bonds is 9. The van der Waals surface area contributed by atoms with Gasteiger partial charge >= 0.3 is 0 Å². The fraction of sp³-hybridized carbons (Fsp3) is 0.379. The normalized spacial score (nSPS) is 19.2. The number of thioether (sulfide) groups is 1. The van der Waals surface area contributed by atoms with Gasteiger partial charge in [-0.05, 0) is 80.2 Å². The zero-order chi connectivity index (χ0) is 24.9. The van der Waals surface area contributed by atoms with E-state index in [9.17, 15) is 4.21 Å². The van der Waals surface area contributed by atoms with E-state index in [0.717, 1.165) is 56.5 Å². The van der Waals surface area contributed by atoms with Crippen molar-refractivity contribution in [1.82, 2.24) is 4.90 Å². The van der Waals surface area contributed by atoms with Gasteiger partial charge in [0.1, 0.15) is 29.6 Å². The summed E-state index contributed by atoms with van der Waals surface area (Å²) in [4.78, 5) is 2.48. The maximum atomic E-state index is 12.0. The van der Waals surface area contributed by atoms with Crippen LogP contribution in [0.25, 0.3) is 10.8 Å². The molecule has 0 aliphatic carbocycles. The van der Waals surface area contributed by atoms with Crippen molar-refractivity contribution in [2.45, 2.75) is 30.9 Å². The zero-order valence-electron chi connectivity index (χ0n) is 20.9. The first kappa shape index (κ1) is 25.2. The summed E-state index contributed by atoms with van der Waals surface area (Å²) in [5, 5.41) is 2.26. The van der Waals surface area contributed by atoms with E-state index < -0.39 is 10.8 Å². The number of benzene rings is 3. The van der Waals surface area contributed by atoms with Crippen LogP contribution < -0.4 is 14.2 Å². The standard InChI is InChI=1S/C29H33NO4S2/c1-32-24-11-13-25-21(20-24)6-12-26(27-14-15-28(35-27)36(2)31)29(25)34-23-9-7-22(8-10-23)33-19-18-30-16-4-3-5-17-30/h6-13,15,20,27H,3-5,14,16-19H2,1-2H3. The summed E-state index contributed by atoms with van der Waals surface area (Å²) in [6, 6.07) is 18.2. The average molecular weight is 524 g/mol. The molecule has 2 aliphatic rings. The van der Waals surface area contributed by atoms with Crippen molar-refractivity contribution >= 4 is 33.3 Å². The molecule has 1 fully saturated rings. The largest absolute Gasteiger partial charge is 0.497 e. The fourth-order valence-electron chi connectivity index (χ4n) is 4.80. The van der Waals surface area contributed by atoms with Gasteiger partial charge in [0.2, 0.25) is 0 Å². The van der Waals surface area contributed by atoms with Crippen LogP contribution in [0.15, 0.2) is 64.9 Å². The first-order chi connectivity index (χ1) is 17.6. The number of hydrogen-bond donors (Lipinski definition) is 0. The van der Waals surface area contributed by atoms with Crippen molar-refractivity contribution in [2.75, 3.05) is 39.6 Å². The molecule has 0 N–H and O–H groups in total. The predicted molar refractivity (Wildman–Crippen MR) is 150 cm³/mol. The van der Waals surface area contributed by atoms with E-state index in [-0.39, 0.29) is 5.25 Å². The van der Waals surface area contributed by atoms with Crippen LogP contribution in [-0.2, 0) is 10.8 Å². The molecule has 0 amide bonds. The van der Waals surface area contributed by atoms with Crippen LogP contribution in [-0.4, -0.2) is 48.7 Å². The molecule has 2 atom stereocenters. The molecule has 7 heteroatoms. The molecule has 1 saturated heterocycles. The Balaban J connectivity index is 1.34. The third-order valence-corrected chi connectivity index (χ3v) is 9.62. The Morgan fingerprint density at radius 3 is 2.44 bits per heavy atom. The lowest BCUT2D eigenvalue weighted by Gasteiger charge is -2.26. The molecule has 2 unspecified atom stereocenters. The minimum absolute atomic E-state index is 0.169. The highest BCUT2D eigenvalue weighted by atomic mass is 32.2. The molecule has 0 radical (unpaired) electrons. The van der Waals surface area contributed by atoms with Gasteiger partial charge in [-0.1, -0.05) is 24.6 Å². The number of fused-ring (bicyclic) bond motifs is 1. The molecular formula is C29H33NO4S2. The van der Waals surface area contributed by atoms with Gasteiger partial charge in [-0.2, -0.15) is 0 Å². The van der Waals surface area contributed by atoms with Crippen LogP contribution >= 0.6 is 11.8 Å². The van der Waals surface area contributed by atoms with Gasteiger partial charge in [0, 0.05) is 29.0 Å². The van der Waals surface area contributed by atoms with Crippen molar-refractivity contribution < 1.29 is 18.4 Å². The van der Waals surface area contributed by atoms with Gasteiger partial charge in [-0.15, -0.1) is 11.8 Å². The number of piperidine rings is 1. The molecule has 3 aromatic carbocycles. The quantitative estimate of drug-likeness (QED) is 0.304. The van der Waals surface area contributed by atoms with Crippen LogP contribution in [0.2, 0.25) is 0 Å². The molecular weight excluding hydrogens is 490 g/mol. The lowest BCUT2D eigenvalue weighted by molar-refractivity contribution is 0.183. The highest BCUT2D eigenvalue weighted by Gasteiger charge is 2.26. The minimum Gasteiger partial charge on any atom is -0.497 e. The number of nitrogens with zero attached hydrogens (tertiary/aromatic N) is 1. The summed E-state index contributed by atoms with van der Waals surface area (Å²) in [7, 11) is 0.708. The van der Waals surface area contributed by atoms with Crippen molar-refractivity contribution in [3.05, 3.63) is 70.5 Å².